The van der Waals surface area contributed by atoms with Gasteiger partial charge >= 0.3 is 0 Å². The minimum atomic E-state index is -0.913. The first kappa shape index (κ1) is 29.1. The van der Waals surface area contributed by atoms with Crippen molar-refractivity contribution in [2.24, 2.45) is 11.7 Å². The number of aliphatic hydroxyl groups excluding tert-OH is 1. The second kappa shape index (κ2) is 15.0. The van der Waals surface area contributed by atoms with Crippen LogP contribution in [0, 0.1) is 5.92 Å². The van der Waals surface area contributed by atoms with Gasteiger partial charge in [-0.25, -0.2) is 0 Å². The van der Waals surface area contributed by atoms with Crippen LogP contribution in [0.4, 0.5) is 0 Å². The van der Waals surface area contributed by atoms with E-state index < -0.39 is 36.4 Å². The molecule has 0 radical (unpaired) electrons. The zero-order chi connectivity index (χ0) is 28.3. The highest BCUT2D eigenvalue weighted by Gasteiger charge is 2.51. The molecule has 3 N–H and O–H groups in total. The summed E-state index contributed by atoms with van der Waals surface area (Å²) in [5, 5.41) is 11.6. The Bertz CT molecular complexity index is 1280. The molecule has 0 aromatic heterocycles. The summed E-state index contributed by atoms with van der Waals surface area (Å²) in [5.74, 6) is -0.422. The lowest BCUT2D eigenvalue weighted by molar-refractivity contribution is -0.226. The molecule has 0 unspecified atom stereocenters. The molecule has 6 heteroatoms. The number of hydrogen-bond donors (Lipinski definition) is 2. The molecule has 1 fully saturated rings. The Morgan fingerprint density at radius 1 is 0.488 bits per heavy atom. The van der Waals surface area contributed by atoms with Crippen molar-refractivity contribution >= 4 is 0 Å². The molecule has 1 aliphatic rings. The third kappa shape index (κ3) is 8.11. The van der Waals surface area contributed by atoms with E-state index in [0.29, 0.717) is 26.4 Å². The van der Waals surface area contributed by atoms with Gasteiger partial charge in [0.1, 0.15) is 12.2 Å². The molecule has 0 bridgehead atoms. The molecular formula is C35H39NO5. The molecule has 6 nitrogen and oxygen atoms in total. The van der Waals surface area contributed by atoms with Crippen molar-refractivity contribution < 1.29 is 24.1 Å². The Hall–Kier alpha value is -3.36. The Kier molecular flexibility index (Phi) is 10.7. The van der Waals surface area contributed by atoms with Crippen LogP contribution < -0.4 is 5.73 Å². The molecule has 0 heterocycles. The Labute approximate surface area is 242 Å². The van der Waals surface area contributed by atoms with Crippen LogP contribution in [-0.4, -0.2) is 42.2 Å². The second-order valence-electron chi connectivity index (χ2n) is 10.5. The van der Waals surface area contributed by atoms with E-state index >= 15 is 0 Å². The highest BCUT2D eigenvalue weighted by Crippen LogP contribution is 2.34. The first-order chi connectivity index (χ1) is 20.2. The monoisotopic (exact) mass is 553 g/mol. The third-order valence-electron chi connectivity index (χ3n) is 7.56. The van der Waals surface area contributed by atoms with E-state index in [4.69, 9.17) is 24.7 Å². The smallest absolute Gasteiger partial charge is 0.112 e. The predicted molar refractivity (Wildman–Crippen MR) is 159 cm³/mol. The molecule has 0 spiro atoms. The molecule has 0 aliphatic heterocycles. The van der Waals surface area contributed by atoms with E-state index in [1.165, 1.54) is 0 Å². The van der Waals surface area contributed by atoms with Crippen molar-refractivity contribution in [1.82, 2.24) is 0 Å². The highest BCUT2D eigenvalue weighted by molar-refractivity contribution is 5.17. The van der Waals surface area contributed by atoms with Gasteiger partial charge in [-0.1, -0.05) is 121 Å². The van der Waals surface area contributed by atoms with Crippen LogP contribution in [0.5, 0.6) is 0 Å². The molecule has 1 saturated carbocycles. The molecule has 4 aromatic carbocycles. The summed E-state index contributed by atoms with van der Waals surface area (Å²) < 4.78 is 25.7. The molecule has 4 aromatic rings. The average Bonchev–Trinajstić information content (AvgIpc) is 3.03. The van der Waals surface area contributed by atoms with Crippen molar-refractivity contribution in [2.75, 3.05) is 6.61 Å². The van der Waals surface area contributed by atoms with Gasteiger partial charge in [-0.3, -0.25) is 0 Å². The number of benzene rings is 4. The zero-order valence-corrected chi connectivity index (χ0v) is 23.2. The van der Waals surface area contributed by atoms with Crippen LogP contribution in [-0.2, 0) is 45.4 Å². The molecule has 0 saturated heterocycles. The summed E-state index contributed by atoms with van der Waals surface area (Å²) in [6, 6.07) is 39.2. The number of nitrogens with two attached hydrogens (primary N) is 1. The van der Waals surface area contributed by atoms with E-state index in [9.17, 15) is 5.11 Å². The fourth-order valence-electron chi connectivity index (χ4n) is 5.32. The number of ether oxygens (including phenoxy) is 4. The molecule has 0 amide bonds. The topological polar surface area (TPSA) is 83.2 Å². The quantitative estimate of drug-likeness (QED) is 0.235. The number of rotatable bonds is 13. The van der Waals surface area contributed by atoms with Gasteiger partial charge in [0, 0.05) is 5.92 Å². The van der Waals surface area contributed by atoms with Gasteiger partial charge in [-0.05, 0) is 22.3 Å². The van der Waals surface area contributed by atoms with Crippen LogP contribution in [0.1, 0.15) is 22.3 Å². The number of aliphatic hydroxyl groups is 1. The van der Waals surface area contributed by atoms with Gasteiger partial charge in [0.25, 0.3) is 0 Å². The minimum Gasteiger partial charge on any atom is -0.391 e. The zero-order valence-electron chi connectivity index (χ0n) is 23.2. The normalized spacial score (nSPS) is 24.2. The van der Waals surface area contributed by atoms with Crippen LogP contribution in [0.3, 0.4) is 0 Å². The summed E-state index contributed by atoms with van der Waals surface area (Å²) in [7, 11) is 0. The average molecular weight is 554 g/mol. The van der Waals surface area contributed by atoms with Crippen molar-refractivity contribution in [3.05, 3.63) is 144 Å². The summed E-state index contributed by atoms with van der Waals surface area (Å²) >= 11 is 0. The van der Waals surface area contributed by atoms with Gasteiger partial charge < -0.3 is 29.8 Å². The van der Waals surface area contributed by atoms with Gasteiger partial charge in [-0.15, -0.1) is 0 Å². The van der Waals surface area contributed by atoms with Crippen LogP contribution in [0.25, 0.3) is 0 Å². The highest BCUT2D eigenvalue weighted by atomic mass is 16.6. The van der Waals surface area contributed by atoms with Gasteiger partial charge in [0.05, 0.1) is 51.3 Å². The second-order valence-corrected chi connectivity index (χ2v) is 10.5. The predicted octanol–water partition coefficient (Wildman–Crippen LogP) is 5.28. The third-order valence-corrected chi connectivity index (χ3v) is 7.56. The fourth-order valence-corrected chi connectivity index (χ4v) is 5.32. The van der Waals surface area contributed by atoms with Crippen LogP contribution >= 0.6 is 0 Å². The lowest BCUT2D eigenvalue weighted by atomic mass is 9.77. The SMILES string of the molecule is N[C@H]1[C@H](O)[C@H](COCc2ccccc2)[C@@H](OCc2ccccc2)[C@H](OCc2ccccc2)[C@H]1OCc1ccccc1. The maximum Gasteiger partial charge on any atom is 0.112 e. The Morgan fingerprint density at radius 3 is 1.29 bits per heavy atom. The largest absolute Gasteiger partial charge is 0.391 e. The first-order valence-corrected chi connectivity index (χ1v) is 14.2. The Balaban J connectivity index is 1.39. The summed E-state index contributed by atoms with van der Waals surface area (Å²) in [6.07, 6.45) is -2.57. The molecule has 214 valence electrons. The van der Waals surface area contributed by atoms with Gasteiger partial charge in [0.15, 0.2) is 0 Å². The summed E-state index contributed by atoms with van der Waals surface area (Å²) in [5.41, 5.74) is 10.9. The van der Waals surface area contributed by atoms with Crippen molar-refractivity contribution in [2.45, 2.75) is 56.9 Å². The summed E-state index contributed by atoms with van der Waals surface area (Å²) in [4.78, 5) is 0. The standard InChI is InChI=1S/C35H39NO5/c36-31-32(37)30(25-38-21-26-13-5-1-6-14-26)33(39-22-27-15-7-2-8-16-27)35(41-24-29-19-11-4-12-20-29)34(31)40-23-28-17-9-3-10-18-28/h1-20,30-35,37H,21-25,36H2/t30-,31-,32+,33+,34-,35-/m0/s1. The van der Waals surface area contributed by atoms with Crippen molar-refractivity contribution in [1.29, 1.82) is 0 Å². The molecular weight excluding hydrogens is 514 g/mol. The lowest BCUT2D eigenvalue weighted by Crippen LogP contribution is -2.66. The molecule has 41 heavy (non-hydrogen) atoms. The molecule has 5 rings (SSSR count). The van der Waals surface area contributed by atoms with Crippen LogP contribution in [0.2, 0.25) is 0 Å². The van der Waals surface area contributed by atoms with Crippen molar-refractivity contribution in [3.8, 4) is 0 Å². The van der Waals surface area contributed by atoms with Crippen molar-refractivity contribution in [3.63, 3.8) is 0 Å². The van der Waals surface area contributed by atoms with E-state index in [-0.39, 0.29) is 6.61 Å². The van der Waals surface area contributed by atoms with E-state index in [0.717, 1.165) is 22.3 Å². The fraction of sp³-hybridized carbons (Fsp3) is 0.314. The van der Waals surface area contributed by atoms with E-state index in [1.807, 2.05) is 121 Å². The lowest BCUT2D eigenvalue weighted by Gasteiger charge is -2.48. The van der Waals surface area contributed by atoms with E-state index in [2.05, 4.69) is 0 Å². The minimum absolute atomic E-state index is 0.264. The first-order valence-electron chi connectivity index (χ1n) is 14.2. The van der Waals surface area contributed by atoms with E-state index in [1.54, 1.807) is 0 Å². The van der Waals surface area contributed by atoms with Gasteiger partial charge in [0.2, 0.25) is 0 Å². The van der Waals surface area contributed by atoms with Gasteiger partial charge in [-0.2, -0.15) is 0 Å². The molecule has 6 atom stereocenters. The number of hydrogen-bond acceptors (Lipinski definition) is 6. The maximum absolute atomic E-state index is 11.6. The van der Waals surface area contributed by atoms with Crippen LogP contribution in [0.15, 0.2) is 121 Å². The maximum atomic E-state index is 11.6. The Morgan fingerprint density at radius 2 is 0.854 bits per heavy atom. The summed E-state index contributed by atoms with van der Waals surface area (Å²) in [6.45, 7) is 1.76. The molecule has 1 aliphatic carbocycles.